The van der Waals surface area contributed by atoms with Gasteiger partial charge in [0.25, 0.3) is 10.0 Å². The SMILES string of the molecule is O=S(=O)(Nc1ccc(F)cn1)c1cc(Br)ccc1Br. The first kappa shape index (κ1) is 14.4. The van der Waals surface area contributed by atoms with Crippen LogP contribution in [0, 0.1) is 5.82 Å². The van der Waals surface area contributed by atoms with Gasteiger partial charge in [-0.05, 0) is 46.3 Å². The van der Waals surface area contributed by atoms with Gasteiger partial charge < -0.3 is 0 Å². The molecular weight excluding hydrogens is 403 g/mol. The van der Waals surface area contributed by atoms with E-state index in [1.54, 1.807) is 12.1 Å². The zero-order valence-corrected chi connectivity index (χ0v) is 13.3. The summed E-state index contributed by atoms with van der Waals surface area (Å²) in [4.78, 5) is 3.71. The van der Waals surface area contributed by atoms with Crippen LogP contribution in [0.2, 0.25) is 0 Å². The fourth-order valence-electron chi connectivity index (χ4n) is 1.31. The minimum Gasteiger partial charge on any atom is -0.263 e. The van der Waals surface area contributed by atoms with E-state index in [0.717, 1.165) is 12.3 Å². The van der Waals surface area contributed by atoms with Crippen LogP contribution in [-0.2, 0) is 10.0 Å². The van der Waals surface area contributed by atoms with Crippen molar-refractivity contribution in [3.8, 4) is 0 Å². The Morgan fingerprint density at radius 1 is 1.16 bits per heavy atom. The van der Waals surface area contributed by atoms with Gasteiger partial charge in [-0.2, -0.15) is 0 Å². The van der Waals surface area contributed by atoms with E-state index in [-0.39, 0.29) is 10.7 Å². The fraction of sp³-hybridized carbons (Fsp3) is 0. The Hall–Kier alpha value is -0.990. The van der Waals surface area contributed by atoms with Gasteiger partial charge in [0, 0.05) is 8.95 Å². The number of nitrogens with one attached hydrogen (secondary N) is 1. The molecule has 2 rings (SSSR count). The zero-order chi connectivity index (χ0) is 14.0. The third kappa shape index (κ3) is 3.52. The number of nitrogens with zero attached hydrogens (tertiary/aromatic N) is 1. The number of benzene rings is 1. The van der Waals surface area contributed by atoms with Gasteiger partial charge in [0.1, 0.15) is 16.5 Å². The summed E-state index contributed by atoms with van der Waals surface area (Å²) in [5, 5.41) is 0. The van der Waals surface area contributed by atoms with Crippen molar-refractivity contribution in [2.24, 2.45) is 0 Å². The smallest absolute Gasteiger partial charge is 0.263 e. The van der Waals surface area contributed by atoms with E-state index in [1.165, 1.54) is 12.1 Å². The maximum Gasteiger partial charge on any atom is 0.264 e. The summed E-state index contributed by atoms with van der Waals surface area (Å²) >= 11 is 6.38. The molecule has 19 heavy (non-hydrogen) atoms. The lowest BCUT2D eigenvalue weighted by molar-refractivity contribution is 0.600. The number of sulfonamides is 1. The molecule has 0 amide bonds. The molecule has 0 radical (unpaired) electrons. The summed E-state index contributed by atoms with van der Waals surface area (Å²) in [5.74, 6) is -0.486. The third-order valence-corrected chi connectivity index (χ3v) is 4.99. The highest BCUT2D eigenvalue weighted by atomic mass is 79.9. The van der Waals surface area contributed by atoms with E-state index in [0.29, 0.717) is 8.95 Å². The Balaban J connectivity index is 2.37. The predicted molar refractivity (Wildman–Crippen MR) is 76.8 cm³/mol. The Morgan fingerprint density at radius 3 is 2.53 bits per heavy atom. The van der Waals surface area contributed by atoms with Crippen molar-refractivity contribution in [3.63, 3.8) is 0 Å². The summed E-state index contributed by atoms with van der Waals surface area (Å²) in [7, 11) is -3.79. The average Bonchev–Trinajstić information content (AvgIpc) is 2.35. The second-order valence-corrected chi connectivity index (χ2v) is 6.96. The Morgan fingerprint density at radius 2 is 1.89 bits per heavy atom. The zero-order valence-electron chi connectivity index (χ0n) is 9.27. The number of pyridine rings is 1. The van der Waals surface area contributed by atoms with Gasteiger partial charge in [-0.25, -0.2) is 17.8 Å². The lowest BCUT2D eigenvalue weighted by Crippen LogP contribution is -2.14. The van der Waals surface area contributed by atoms with Crippen LogP contribution in [0.3, 0.4) is 0 Å². The highest BCUT2D eigenvalue weighted by Crippen LogP contribution is 2.27. The van der Waals surface area contributed by atoms with Gasteiger partial charge in [0.05, 0.1) is 6.20 Å². The van der Waals surface area contributed by atoms with Gasteiger partial charge in [-0.1, -0.05) is 15.9 Å². The van der Waals surface area contributed by atoms with Crippen LogP contribution in [0.15, 0.2) is 50.4 Å². The number of hydrogen-bond donors (Lipinski definition) is 1. The van der Waals surface area contributed by atoms with E-state index < -0.39 is 15.8 Å². The minimum absolute atomic E-state index is 0.0493. The highest BCUT2D eigenvalue weighted by Gasteiger charge is 2.18. The molecule has 4 nitrogen and oxygen atoms in total. The molecule has 0 aliphatic rings. The summed E-state index contributed by atoms with van der Waals surface area (Å²) < 4.78 is 40.4. The van der Waals surface area contributed by atoms with E-state index in [1.807, 2.05) is 0 Å². The molecule has 0 saturated carbocycles. The van der Waals surface area contributed by atoms with Crippen LogP contribution < -0.4 is 4.72 Å². The molecule has 0 fully saturated rings. The molecule has 8 heteroatoms. The third-order valence-electron chi connectivity index (χ3n) is 2.15. The van der Waals surface area contributed by atoms with Crippen LogP contribution in [-0.4, -0.2) is 13.4 Å². The first-order valence-electron chi connectivity index (χ1n) is 4.98. The number of anilines is 1. The molecular formula is C11H7Br2FN2O2S. The van der Waals surface area contributed by atoms with Crippen LogP contribution in [0.5, 0.6) is 0 Å². The maximum absolute atomic E-state index is 12.7. The van der Waals surface area contributed by atoms with E-state index in [4.69, 9.17) is 0 Å². The summed E-state index contributed by atoms with van der Waals surface area (Å²) in [6.45, 7) is 0. The van der Waals surface area contributed by atoms with Gasteiger partial charge in [-0.3, -0.25) is 4.72 Å². The van der Waals surface area contributed by atoms with Gasteiger partial charge in [0.15, 0.2) is 0 Å². The first-order chi connectivity index (χ1) is 8.88. The van der Waals surface area contributed by atoms with Crippen LogP contribution in [0.4, 0.5) is 10.2 Å². The average molecular weight is 410 g/mol. The number of rotatable bonds is 3. The molecule has 0 bridgehead atoms. The van der Waals surface area contributed by atoms with E-state index in [2.05, 4.69) is 41.6 Å². The number of hydrogen-bond acceptors (Lipinski definition) is 3. The molecule has 0 aliphatic carbocycles. The van der Waals surface area contributed by atoms with Gasteiger partial charge in [-0.15, -0.1) is 0 Å². The second kappa shape index (κ2) is 5.56. The lowest BCUT2D eigenvalue weighted by Gasteiger charge is -2.09. The molecule has 1 aromatic carbocycles. The Bertz CT molecular complexity index is 705. The Kier molecular flexibility index (Phi) is 4.22. The van der Waals surface area contributed by atoms with Crippen molar-refractivity contribution in [1.29, 1.82) is 0 Å². The van der Waals surface area contributed by atoms with Crippen LogP contribution in [0.1, 0.15) is 0 Å². The fourth-order valence-corrected chi connectivity index (χ4v) is 3.82. The normalized spacial score (nSPS) is 11.3. The molecule has 1 aromatic heterocycles. The molecule has 0 unspecified atom stereocenters. The van der Waals surface area contributed by atoms with Crippen LogP contribution >= 0.6 is 31.9 Å². The van der Waals surface area contributed by atoms with Crippen molar-refractivity contribution in [3.05, 3.63) is 51.3 Å². The van der Waals surface area contributed by atoms with Crippen molar-refractivity contribution in [2.75, 3.05) is 4.72 Å². The lowest BCUT2D eigenvalue weighted by atomic mass is 10.4. The largest absolute Gasteiger partial charge is 0.264 e. The second-order valence-electron chi connectivity index (χ2n) is 3.54. The Labute approximate surface area is 126 Å². The predicted octanol–water partition coefficient (Wildman–Crippen LogP) is 3.55. The molecule has 100 valence electrons. The minimum atomic E-state index is -3.79. The van der Waals surface area contributed by atoms with Crippen molar-refractivity contribution >= 4 is 47.7 Å². The van der Waals surface area contributed by atoms with Crippen molar-refractivity contribution < 1.29 is 12.8 Å². The van der Waals surface area contributed by atoms with Gasteiger partial charge >= 0.3 is 0 Å². The molecule has 0 atom stereocenters. The summed E-state index contributed by atoms with van der Waals surface area (Å²) in [6.07, 6.45) is 0.938. The summed E-state index contributed by atoms with van der Waals surface area (Å²) in [6, 6.07) is 7.14. The first-order valence-corrected chi connectivity index (χ1v) is 8.05. The molecule has 0 aliphatic heterocycles. The molecule has 1 N–H and O–H groups in total. The van der Waals surface area contributed by atoms with Crippen molar-refractivity contribution in [2.45, 2.75) is 4.90 Å². The van der Waals surface area contributed by atoms with E-state index in [9.17, 15) is 12.8 Å². The monoisotopic (exact) mass is 408 g/mol. The van der Waals surface area contributed by atoms with Crippen molar-refractivity contribution in [1.82, 2.24) is 4.98 Å². The molecule has 0 spiro atoms. The molecule has 0 saturated heterocycles. The number of halogens is 3. The molecule has 1 heterocycles. The highest BCUT2D eigenvalue weighted by molar-refractivity contribution is 9.11. The maximum atomic E-state index is 12.7. The topological polar surface area (TPSA) is 59.1 Å². The van der Waals surface area contributed by atoms with E-state index >= 15 is 0 Å². The number of aromatic nitrogens is 1. The molecule has 2 aromatic rings. The van der Waals surface area contributed by atoms with Crippen LogP contribution in [0.25, 0.3) is 0 Å². The quantitative estimate of drug-likeness (QED) is 0.843. The summed E-state index contributed by atoms with van der Waals surface area (Å²) in [5.41, 5.74) is 0. The van der Waals surface area contributed by atoms with Gasteiger partial charge in [0.2, 0.25) is 0 Å². The standard InChI is InChI=1S/C11H7Br2FN2O2S/c12-7-1-3-9(13)10(5-7)19(17,18)16-11-4-2-8(14)6-15-11/h1-6H,(H,15,16).